The first-order valence-electron chi connectivity index (χ1n) is 7.89. The summed E-state index contributed by atoms with van der Waals surface area (Å²) in [4.78, 5) is 12.3. The van der Waals surface area contributed by atoms with E-state index in [1.165, 1.54) is 17.7 Å². The van der Waals surface area contributed by atoms with Gasteiger partial charge in [0, 0.05) is 0 Å². The van der Waals surface area contributed by atoms with E-state index in [-0.39, 0.29) is 23.3 Å². The van der Waals surface area contributed by atoms with Crippen LogP contribution in [-0.2, 0) is 26.8 Å². The van der Waals surface area contributed by atoms with Crippen LogP contribution < -0.4 is 4.72 Å². The molecule has 0 radical (unpaired) electrons. The second kappa shape index (κ2) is 7.27. The Morgan fingerprint density at radius 1 is 1.04 bits per heavy atom. The van der Waals surface area contributed by atoms with Gasteiger partial charge < -0.3 is 4.74 Å². The molecule has 2 rings (SSSR count). The van der Waals surface area contributed by atoms with Gasteiger partial charge in [-0.15, -0.1) is 0 Å². The Bertz CT molecular complexity index is 850. The standard InChI is InChI=1S/C19H23NO4S/c1-19(2,3)15-11-9-14(10-12-15)13-24-18(21)16-7-5-6-8-17(16)20-25(4,22)23/h5-12,20H,13H2,1-4H3. The largest absolute Gasteiger partial charge is 0.457 e. The van der Waals surface area contributed by atoms with Gasteiger partial charge in [0.05, 0.1) is 17.5 Å². The number of nitrogens with one attached hydrogen (secondary N) is 1. The molecule has 2 aromatic carbocycles. The molecule has 5 nitrogen and oxygen atoms in total. The summed E-state index contributed by atoms with van der Waals surface area (Å²) in [6.07, 6.45) is 1.03. The summed E-state index contributed by atoms with van der Waals surface area (Å²) >= 11 is 0. The average Bonchev–Trinajstić information content (AvgIpc) is 2.51. The first kappa shape index (κ1) is 19.0. The van der Waals surface area contributed by atoms with E-state index in [2.05, 4.69) is 25.5 Å². The van der Waals surface area contributed by atoms with Crippen LogP contribution in [0, 0.1) is 0 Å². The molecule has 0 saturated heterocycles. The van der Waals surface area contributed by atoms with E-state index in [1.807, 2.05) is 24.3 Å². The van der Waals surface area contributed by atoms with E-state index < -0.39 is 16.0 Å². The van der Waals surface area contributed by atoms with E-state index in [0.29, 0.717) is 0 Å². The number of hydrogen-bond donors (Lipinski definition) is 1. The maximum atomic E-state index is 12.3. The molecule has 0 heterocycles. The molecule has 6 heteroatoms. The number of esters is 1. The van der Waals surface area contributed by atoms with Gasteiger partial charge in [-0.1, -0.05) is 57.2 Å². The van der Waals surface area contributed by atoms with Crippen molar-refractivity contribution in [2.24, 2.45) is 0 Å². The molecule has 134 valence electrons. The number of ether oxygens (including phenoxy) is 1. The molecular formula is C19H23NO4S. The van der Waals surface area contributed by atoms with Gasteiger partial charge in [0.25, 0.3) is 0 Å². The zero-order chi connectivity index (χ0) is 18.7. The second-order valence-corrected chi connectivity index (χ2v) is 8.69. The number of rotatable bonds is 5. The number of sulfonamides is 1. The monoisotopic (exact) mass is 361 g/mol. The molecule has 0 aliphatic heterocycles. The van der Waals surface area contributed by atoms with E-state index in [0.717, 1.165) is 11.8 Å². The molecule has 0 unspecified atom stereocenters. The van der Waals surface area contributed by atoms with Crippen molar-refractivity contribution in [3.8, 4) is 0 Å². The maximum absolute atomic E-state index is 12.3. The normalized spacial score (nSPS) is 11.8. The number of carbonyl (C=O) groups excluding carboxylic acids is 1. The van der Waals surface area contributed by atoms with Crippen LogP contribution in [0.4, 0.5) is 5.69 Å². The quantitative estimate of drug-likeness (QED) is 0.824. The number of benzene rings is 2. The van der Waals surface area contributed by atoms with Crippen LogP contribution in [0.5, 0.6) is 0 Å². The number of hydrogen-bond acceptors (Lipinski definition) is 4. The van der Waals surface area contributed by atoms with Crippen LogP contribution in [0.1, 0.15) is 42.3 Å². The van der Waals surface area contributed by atoms with E-state index in [9.17, 15) is 13.2 Å². The molecule has 0 aliphatic rings. The topological polar surface area (TPSA) is 72.5 Å². The lowest BCUT2D eigenvalue weighted by atomic mass is 9.87. The summed E-state index contributed by atoms with van der Waals surface area (Å²) in [7, 11) is -3.48. The molecule has 0 aromatic heterocycles. The van der Waals surface area contributed by atoms with Gasteiger partial charge >= 0.3 is 5.97 Å². The van der Waals surface area contributed by atoms with Crippen molar-refractivity contribution in [1.82, 2.24) is 0 Å². The van der Waals surface area contributed by atoms with Crippen molar-refractivity contribution in [3.63, 3.8) is 0 Å². The summed E-state index contributed by atoms with van der Waals surface area (Å²) < 4.78 is 30.5. The Labute approximate surface area is 149 Å². The van der Waals surface area contributed by atoms with Crippen molar-refractivity contribution >= 4 is 21.7 Å². The molecule has 1 N–H and O–H groups in total. The number of carbonyl (C=O) groups is 1. The highest BCUT2D eigenvalue weighted by Gasteiger charge is 2.16. The Hall–Kier alpha value is -2.34. The summed E-state index contributed by atoms with van der Waals surface area (Å²) in [5.74, 6) is -0.577. The maximum Gasteiger partial charge on any atom is 0.340 e. The zero-order valence-corrected chi connectivity index (χ0v) is 15.7. The van der Waals surface area contributed by atoms with Crippen LogP contribution in [0.25, 0.3) is 0 Å². The van der Waals surface area contributed by atoms with Crippen molar-refractivity contribution in [3.05, 3.63) is 65.2 Å². The van der Waals surface area contributed by atoms with Gasteiger partial charge in [-0.3, -0.25) is 4.72 Å². The van der Waals surface area contributed by atoms with Crippen molar-refractivity contribution < 1.29 is 17.9 Å². The summed E-state index contributed by atoms with van der Waals surface area (Å²) in [5, 5.41) is 0. The molecule has 0 bridgehead atoms. The first-order chi connectivity index (χ1) is 11.6. The van der Waals surface area contributed by atoms with Gasteiger partial charge in [0.15, 0.2) is 0 Å². The molecule has 25 heavy (non-hydrogen) atoms. The Balaban J connectivity index is 2.08. The van der Waals surface area contributed by atoms with Gasteiger partial charge in [-0.25, -0.2) is 13.2 Å². The Morgan fingerprint density at radius 3 is 2.20 bits per heavy atom. The third-order valence-electron chi connectivity index (χ3n) is 3.63. The van der Waals surface area contributed by atoms with Crippen LogP contribution in [0.15, 0.2) is 48.5 Å². The van der Waals surface area contributed by atoms with Gasteiger partial charge in [0.1, 0.15) is 6.61 Å². The summed E-state index contributed by atoms with van der Waals surface area (Å²) in [5.41, 5.74) is 2.52. The fourth-order valence-corrected chi connectivity index (χ4v) is 2.85. The molecule has 0 aliphatic carbocycles. The Kier molecular flexibility index (Phi) is 5.52. The van der Waals surface area contributed by atoms with Crippen LogP contribution in [0.3, 0.4) is 0 Å². The Morgan fingerprint density at radius 2 is 1.64 bits per heavy atom. The molecule has 0 saturated carbocycles. The summed E-state index contributed by atoms with van der Waals surface area (Å²) in [6, 6.07) is 14.2. The van der Waals surface area contributed by atoms with Gasteiger partial charge in [-0.2, -0.15) is 0 Å². The number of para-hydroxylation sites is 1. The first-order valence-corrected chi connectivity index (χ1v) is 9.79. The smallest absolute Gasteiger partial charge is 0.340 e. The van der Waals surface area contributed by atoms with Gasteiger partial charge in [0.2, 0.25) is 10.0 Å². The lowest BCUT2D eigenvalue weighted by Crippen LogP contribution is -2.14. The van der Waals surface area contributed by atoms with Gasteiger partial charge in [-0.05, 0) is 28.7 Å². The fourth-order valence-electron chi connectivity index (χ4n) is 2.28. The molecule has 2 aromatic rings. The number of anilines is 1. The van der Waals surface area contributed by atoms with Crippen molar-refractivity contribution in [1.29, 1.82) is 0 Å². The minimum absolute atomic E-state index is 0.0610. The molecular weight excluding hydrogens is 338 g/mol. The SMILES string of the molecule is CC(C)(C)c1ccc(COC(=O)c2ccccc2NS(C)(=O)=O)cc1. The second-order valence-electron chi connectivity index (χ2n) is 6.94. The highest BCUT2D eigenvalue weighted by Crippen LogP contribution is 2.23. The van der Waals surface area contributed by atoms with Crippen molar-refractivity contribution in [2.75, 3.05) is 11.0 Å². The predicted octanol–water partition coefficient (Wildman–Crippen LogP) is 3.71. The molecule has 0 spiro atoms. The van der Waals surface area contributed by atoms with E-state index >= 15 is 0 Å². The molecule has 0 fully saturated rings. The lowest BCUT2D eigenvalue weighted by molar-refractivity contribution is 0.0474. The predicted molar refractivity (Wildman–Crippen MR) is 99.2 cm³/mol. The zero-order valence-electron chi connectivity index (χ0n) is 14.9. The highest BCUT2D eigenvalue weighted by molar-refractivity contribution is 7.92. The minimum atomic E-state index is -3.48. The van der Waals surface area contributed by atoms with Crippen molar-refractivity contribution in [2.45, 2.75) is 32.8 Å². The van der Waals surface area contributed by atoms with Crippen LogP contribution >= 0.6 is 0 Å². The molecule has 0 atom stereocenters. The minimum Gasteiger partial charge on any atom is -0.457 e. The van der Waals surface area contributed by atoms with Crippen LogP contribution in [-0.4, -0.2) is 20.6 Å². The average molecular weight is 361 g/mol. The lowest BCUT2D eigenvalue weighted by Gasteiger charge is -2.19. The highest BCUT2D eigenvalue weighted by atomic mass is 32.2. The molecule has 0 amide bonds. The third kappa shape index (κ3) is 5.60. The van der Waals surface area contributed by atoms with E-state index in [1.54, 1.807) is 12.1 Å². The third-order valence-corrected chi connectivity index (χ3v) is 4.22. The fraction of sp³-hybridized carbons (Fsp3) is 0.316. The summed E-state index contributed by atoms with van der Waals surface area (Å²) in [6.45, 7) is 6.52. The van der Waals surface area contributed by atoms with E-state index in [4.69, 9.17) is 4.74 Å². The van der Waals surface area contributed by atoms with Crippen LogP contribution in [0.2, 0.25) is 0 Å².